The van der Waals surface area contributed by atoms with Crippen LogP contribution in [0.5, 0.6) is 0 Å². The normalized spacial score (nSPS) is 44.5. The number of methoxy groups -OCH3 is 1. The summed E-state index contributed by atoms with van der Waals surface area (Å²) in [5.74, 6) is 1.50. The highest BCUT2D eigenvalue weighted by Crippen LogP contribution is 2.55. The first-order chi connectivity index (χ1) is 11.4. The van der Waals surface area contributed by atoms with Crippen LogP contribution >= 0.6 is 0 Å². The topological polar surface area (TPSA) is 38.8 Å². The number of ether oxygens (including phenoxy) is 2. The number of carbonyl (C=O) groups excluding carboxylic acids is 1. The quantitative estimate of drug-likeness (QED) is 0.417. The third-order valence-corrected chi connectivity index (χ3v) is 7.16. The molecule has 0 N–H and O–H groups in total. The van der Waals surface area contributed by atoms with E-state index in [-0.39, 0.29) is 17.0 Å². The molecule has 0 aromatic rings. The molecule has 1 saturated heterocycles. The predicted octanol–water partition coefficient (Wildman–Crippen LogP) is 4.67. The molecule has 0 radical (unpaired) electrons. The van der Waals surface area contributed by atoms with Crippen LogP contribution in [0.1, 0.15) is 58.8 Å². The molecule has 3 rings (SSSR count). The summed E-state index contributed by atoms with van der Waals surface area (Å²) in [6, 6.07) is 0. The molecule has 0 aromatic heterocycles. The van der Waals surface area contributed by atoms with Crippen LogP contribution in [0.2, 0.25) is 0 Å². The second-order valence-corrected chi connectivity index (χ2v) is 8.45. The van der Waals surface area contributed by atoms with Gasteiger partial charge in [0.1, 0.15) is 5.60 Å². The highest BCUT2D eigenvalue weighted by Gasteiger charge is 2.53. The van der Waals surface area contributed by atoms with Gasteiger partial charge in [-0.3, -0.25) is 4.79 Å². The Balaban J connectivity index is 1.71. The van der Waals surface area contributed by atoms with Crippen molar-refractivity contribution in [2.45, 2.75) is 70.5 Å². The number of esters is 1. The summed E-state index contributed by atoms with van der Waals surface area (Å²) in [6.45, 7) is 12.5. The van der Waals surface area contributed by atoms with Gasteiger partial charge in [0.15, 0.2) is 0 Å². The van der Waals surface area contributed by atoms with E-state index in [0.717, 1.165) is 38.5 Å². The molecular formula is C21H32O3. The number of rotatable bonds is 5. The largest absolute Gasteiger partial charge is 0.469 e. The van der Waals surface area contributed by atoms with Crippen LogP contribution in [0.3, 0.4) is 0 Å². The molecule has 3 heteroatoms. The van der Waals surface area contributed by atoms with E-state index in [1.165, 1.54) is 19.1 Å². The predicted molar refractivity (Wildman–Crippen MR) is 95.5 cm³/mol. The molecule has 24 heavy (non-hydrogen) atoms. The molecule has 0 unspecified atom stereocenters. The van der Waals surface area contributed by atoms with Gasteiger partial charge in [0.25, 0.3) is 0 Å². The average molecular weight is 332 g/mol. The Labute approximate surface area is 146 Å². The first-order valence-corrected chi connectivity index (χ1v) is 9.43. The minimum atomic E-state index is -0.317. The fraction of sp³-hybridized carbons (Fsp3) is 0.762. The summed E-state index contributed by atoms with van der Waals surface area (Å²) in [6.07, 6.45) is 9.81. The zero-order chi connectivity index (χ0) is 17.5. The molecule has 2 saturated carbocycles. The minimum Gasteiger partial charge on any atom is -0.469 e. The molecule has 0 spiro atoms. The van der Waals surface area contributed by atoms with E-state index in [2.05, 4.69) is 27.0 Å². The SMILES string of the molecule is C=C[C@@]1(C)O[C@H]1CC[C@@H]1C(=C)CC[C@H]2[C@H]1CCC[C@]2(C)C(=O)OC. The molecular weight excluding hydrogens is 300 g/mol. The molecule has 3 aliphatic rings. The number of fused-ring (bicyclic) bond motifs is 1. The van der Waals surface area contributed by atoms with E-state index in [1.54, 1.807) is 0 Å². The van der Waals surface area contributed by atoms with E-state index in [1.807, 2.05) is 6.08 Å². The van der Waals surface area contributed by atoms with Crippen LogP contribution in [0.15, 0.2) is 24.8 Å². The summed E-state index contributed by atoms with van der Waals surface area (Å²) in [4.78, 5) is 12.5. The van der Waals surface area contributed by atoms with Gasteiger partial charge in [-0.15, -0.1) is 6.58 Å². The van der Waals surface area contributed by atoms with Crippen LogP contribution in [0.25, 0.3) is 0 Å². The van der Waals surface area contributed by atoms with Gasteiger partial charge >= 0.3 is 5.97 Å². The van der Waals surface area contributed by atoms with Crippen molar-refractivity contribution in [3.63, 3.8) is 0 Å². The summed E-state index contributed by atoms with van der Waals surface area (Å²) in [7, 11) is 1.52. The second-order valence-electron chi connectivity index (χ2n) is 8.45. The maximum Gasteiger partial charge on any atom is 0.311 e. The molecule has 6 atom stereocenters. The van der Waals surface area contributed by atoms with Gasteiger partial charge in [-0.05, 0) is 70.1 Å². The molecule has 1 heterocycles. The van der Waals surface area contributed by atoms with Crippen molar-refractivity contribution >= 4 is 5.97 Å². The lowest BCUT2D eigenvalue weighted by atomic mass is 9.54. The van der Waals surface area contributed by atoms with Crippen molar-refractivity contribution in [3.8, 4) is 0 Å². The van der Waals surface area contributed by atoms with Crippen molar-refractivity contribution < 1.29 is 14.3 Å². The average Bonchev–Trinajstić information content (AvgIpc) is 3.24. The number of hydrogen-bond acceptors (Lipinski definition) is 3. The van der Waals surface area contributed by atoms with Crippen LogP contribution < -0.4 is 0 Å². The second kappa shape index (κ2) is 6.33. The van der Waals surface area contributed by atoms with Gasteiger partial charge in [0.05, 0.1) is 18.6 Å². The van der Waals surface area contributed by atoms with Gasteiger partial charge < -0.3 is 9.47 Å². The third kappa shape index (κ3) is 2.85. The number of allylic oxidation sites excluding steroid dienone is 1. The smallest absolute Gasteiger partial charge is 0.311 e. The maximum atomic E-state index is 12.5. The van der Waals surface area contributed by atoms with Gasteiger partial charge in [0.2, 0.25) is 0 Å². The van der Waals surface area contributed by atoms with Crippen molar-refractivity contribution in [1.82, 2.24) is 0 Å². The van der Waals surface area contributed by atoms with Crippen LogP contribution in [0.4, 0.5) is 0 Å². The minimum absolute atomic E-state index is 0.0202. The summed E-state index contributed by atoms with van der Waals surface area (Å²) in [5, 5.41) is 0. The molecule has 0 aromatic carbocycles. The maximum absolute atomic E-state index is 12.5. The highest BCUT2D eigenvalue weighted by atomic mass is 16.6. The first-order valence-electron chi connectivity index (χ1n) is 9.43. The molecule has 0 amide bonds. The Morgan fingerprint density at radius 3 is 2.75 bits per heavy atom. The van der Waals surface area contributed by atoms with E-state index < -0.39 is 0 Å². The summed E-state index contributed by atoms with van der Waals surface area (Å²) < 4.78 is 11.0. The van der Waals surface area contributed by atoms with Gasteiger partial charge in [-0.1, -0.05) is 24.6 Å². The standard InChI is InChI=1S/C21H32O3/c1-6-21(4)18(24-21)12-10-15-14(2)9-11-17-16(15)8-7-13-20(17,3)19(22)23-5/h6,15-18H,1-2,7-13H2,3-5H3/t15-,16+,17+,18+,20+,21-/m1/s1. The van der Waals surface area contributed by atoms with Crippen molar-refractivity contribution in [2.75, 3.05) is 7.11 Å². The fourth-order valence-corrected chi connectivity index (χ4v) is 5.44. The molecule has 134 valence electrons. The van der Waals surface area contributed by atoms with E-state index >= 15 is 0 Å². The Morgan fingerprint density at radius 1 is 1.38 bits per heavy atom. The van der Waals surface area contributed by atoms with Crippen molar-refractivity contribution in [3.05, 3.63) is 24.8 Å². The third-order valence-electron chi connectivity index (χ3n) is 7.16. The van der Waals surface area contributed by atoms with E-state index in [9.17, 15) is 4.79 Å². The number of carbonyl (C=O) groups is 1. The fourth-order valence-electron chi connectivity index (χ4n) is 5.44. The lowest BCUT2D eigenvalue weighted by molar-refractivity contribution is -0.161. The van der Waals surface area contributed by atoms with E-state index in [0.29, 0.717) is 23.9 Å². The zero-order valence-electron chi connectivity index (χ0n) is 15.5. The first kappa shape index (κ1) is 17.7. The van der Waals surface area contributed by atoms with Gasteiger partial charge in [0, 0.05) is 0 Å². The van der Waals surface area contributed by atoms with Crippen LogP contribution in [-0.2, 0) is 14.3 Å². The Hall–Kier alpha value is -1.09. The van der Waals surface area contributed by atoms with Gasteiger partial charge in [-0.25, -0.2) is 0 Å². The summed E-state index contributed by atoms with van der Waals surface area (Å²) >= 11 is 0. The van der Waals surface area contributed by atoms with E-state index in [4.69, 9.17) is 9.47 Å². The molecule has 2 aliphatic carbocycles. The molecule has 3 nitrogen and oxygen atoms in total. The Bertz CT molecular complexity index is 539. The molecule has 0 bridgehead atoms. The van der Waals surface area contributed by atoms with Gasteiger partial charge in [-0.2, -0.15) is 0 Å². The monoisotopic (exact) mass is 332 g/mol. The lowest BCUT2D eigenvalue weighted by Crippen LogP contribution is -2.47. The summed E-state index contributed by atoms with van der Waals surface area (Å²) in [5.41, 5.74) is 0.941. The molecule has 3 fully saturated rings. The number of hydrogen-bond donors (Lipinski definition) is 0. The lowest BCUT2D eigenvalue weighted by Gasteiger charge is -2.50. The molecule has 1 aliphatic heterocycles. The van der Waals surface area contributed by atoms with Crippen molar-refractivity contribution in [1.29, 1.82) is 0 Å². The highest BCUT2D eigenvalue weighted by molar-refractivity contribution is 5.77. The zero-order valence-corrected chi connectivity index (χ0v) is 15.5. The Morgan fingerprint density at radius 2 is 2.12 bits per heavy atom. The Kier molecular flexibility index (Phi) is 4.67. The van der Waals surface area contributed by atoms with Crippen LogP contribution in [0, 0.1) is 23.2 Å². The van der Waals surface area contributed by atoms with Crippen LogP contribution in [-0.4, -0.2) is 24.8 Å². The number of epoxide rings is 1. The van der Waals surface area contributed by atoms with Crippen molar-refractivity contribution in [2.24, 2.45) is 23.2 Å².